The second-order valence-electron chi connectivity index (χ2n) is 6.88. The highest BCUT2D eigenvalue weighted by Gasteiger charge is 2.19. The van der Waals surface area contributed by atoms with Crippen LogP contribution in [0.15, 0.2) is 54.6 Å². The van der Waals surface area contributed by atoms with Crippen molar-refractivity contribution in [2.24, 2.45) is 0 Å². The number of nitrogens with one attached hydrogen (secondary N) is 3. The van der Waals surface area contributed by atoms with E-state index in [1.807, 2.05) is 54.6 Å². The first-order chi connectivity index (χ1) is 14.1. The smallest absolute Gasteiger partial charge is 0.313 e. The van der Waals surface area contributed by atoms with Gasteiger partial charge < -0.3 is 20.5 Å². The predicted molar refractivity (Wildman–Crippen MR) is 118 cm³/mol. The molecule has 0 bridgehead atoms. The number of hydrogen-bond donors (Lipinski definition) is 3. The minimum atomic E-state index is -0.658. The van der Waals surface area contributed by atoms with E-state index in [9.17, 15) is 9.59 Å². The highest BCUT2D eigenvalue weighted by molar-refractivity contribution is 6.40. The Morgan fingerprint density at radius 1 is 0.931 bits per heavy atom. The molecule has 6 nitrogen and oxygen atoms in total. The van der Waals surface area contributed by atoms with Gasteiger partial charge in [-0.05, 0) is 32.1 Å². The molecule has 6 heteroatoms. The maximum atomic E-state index is 12.5. The minimum absolute atomic E-state index is 0.474. The van der Waals surface area contributed by atoms with E-state index in [-0.39, 0.29) is 0 Å². The van der Waals surface area contributed by atoms with Gasteiger partial charge in [-0.25, -0.2) is 0 Å². The van der Waals surface area contributed by atoms with Crippen LogP contribution in [0, 0.1) is 0 Å². The molecule has 29 heavy (non-hydrogen) atoms. The van der Waals surface area contributed by atoms with Crippen LogP contribution < -0.4 is 10.6 Å². The Labute approximate surface area is 171 Å². The summed E-state index contributed by atoms with van der Waals surface area (Å²) in [5, 5.41) is 6.40. The van der Waals surface area contributed by atoms with E-state index in [1.165, 1.54) is 0 Å². The Kier molecular flexibility index (Phi) is 7.03. The number of benzene rings is 2. The molecule has 3 rings (SSSR count). The molecule has 3 aromatic rings. The van der Waals surface area contributed by atoms with Crippen molar-refractivity contribution in [2.45, 2.75) is 20.3 Å². The molecule has 0 fully saturated rings. The maximum Gasteiger partial charge on any atom is 0.313 e. The summed E-state index contributed by atoms with van der Waals surface area (Å²) in [6.07, 6.45) is 0.809. The van der Waals surface area contributed by atoms with Crippen molar-refractivity contribution in [1.82, 2.24) is 15.2 Å². The summed E-state index contributed by atoms with van der Waals surface area (Å²) < 4.78 is 0. The number of anilines is 1. The lowest BCUT2D eigenvalue weighted by atomic mass is 10.1. The van der Waals surface area contributed by atoms with Crippen molar-refractivity contribution in [3.8, 4) is 11.3 Å². The molecular formula is C23H28N4O2. The lowest BCUT2D eigenvalue weighted by Crippen LogP contribution is -2.37. The normalized spacial score (nSPS) is 11.0. The van der Waals surface area contributed by atoms with Gasteiger partial charge in [0.1, 0.15) is 0 Å². The fraction of sp³-hybridized carbons (Fsp3) is 0.304. The zero-order chi connectivity index (χ0) is 20.6. The zero-order valence-electron chi connectivity index (χ0n) is 17.0. The molecule has 2 amide bonds. The minimum Gasteiger partial charge on any atom is -0.353 e. The summed E-state index contributed by atoms with van der Waals surface area (Å²) in [6.45, 7) is 7.56. The van der Waals surface area contributed by atoms with Crippen LogP contribution in [0.1, 0.15) is 20.3 Å². The number of carbonyl (C=O) groups is 2. The number of carbonyl (C=O) groups excluding carboxylic acids is 2. The van der Waals surface area contributed by atoms with Gasteiger partial charge in [-0.2, -0.15) is 0 Å². The molecular weight excluding hydrogens is 364 g/mol. The Morgan fingerprint density at radius 3 is 2.34 bits per heavy atom. The molecule has 0 aliphatic heterocycles. The lowest BCUT2D eigenvalue weighted by Gasteiger charge is -2.17. The molecule has 1 heterocycles. The van der Waals surface area contributed by atoms with Crippen LogP contribution in [0.4, 0.5) is 5.69 Å². The third-order valence-electron chi connectivity index (χ3n) is 5.04. The Balaban J connectivity index is 1.70. The van der Waals surface area contributed by atoms with Crippen molar-refractivity contribution in [1.29, 1.82) is 0 Å². The quantitative estimate of drug-likeness (QED) is 0.405. The van der Waals surface area contributed by atoms with Crippen LogP contribution >= 0.6 is 0 Å². The monoisotopic (exact) mass is 392 g/mol. The van der Waals surface area contributed by atoms with Gasteiger partial charge in [0.2, 0.25) is 0 Å². The van der Waals surface area contributed by atoms with E-state index in [0.717, 1.165) is 48.2 Å². The van der Waals surface area contributed by atoms with Gasteiger partial charge in [0, 0.05) is 23.0 Å². The second kappa shape index (κ2) is 9.89. The van der Waals surface area contributed by atoms with Gasteiger partial charge in [0.25, 0.3) is 0 Å². The highest BCUT2D eigenvalue weighted by atomic mass is 16.2. The van der Waals surface area contributed by atoms with Gasteiger partial charge >= 0.3 is 11.8 Å². The first-order valence-corrected chi connectivity index (χ1v) is 10.1. The molecule has 0 atom stereocenters. The van der Waals surface area contributed by atoms with Crippen molar-refractivity contribution in [3.63, 3.8) is 0 Å². The number of nitrogens with zero attached hydrogens (tertiary/aromatic N) is 1. The van der Waals surface area contributed by atoms with Gasteiger partial charge in [0.05, 0.1) is 11.4 Å². The molecule has 0 radical (unpaired) electrons. The van der Waals surface area contributed by atoms with Gasteiger partial charge in [-0.3, -0.25) is 9.59 Å². The maximum absolute atomic E-state index is 12.5. The average Bonchev–Trinajstić information content (AvgIpc) is 3.12. The molecule has 152 valence electrons. The van der Waals surface area contributed by atoms with Crippen molar-refractivity contribution < 1.29 is 9.59 Å². The number of rotatable bonds is 8. The van der Waals surface area contributed by atoms with E-state index in [0.29, 0.717) is 12.2 Å². The summed E-state index contributed by atoms with van der Waals surface area (Å²) in [5.41, 5.74) is 3.25. The number of fused-ring (bicyclic) bond motifs is 1. The third kappa shape index (κ3) is 5.03. The molecule has 2 aromatic carbocycles. The molecule has 1 aromatic heterocycles. The van der Waals surface area contributed by atoms with E-state index < -0.39 is 11.8 Å². The summed E-state index contributed by atoms with van der Waals surface area (Å²) in [4.78, 5) is 30.5. The third-order valence-corrected chi connectivity index (χ3v) is 5.04. The van der Waals surface area contributed by atoms with E-state index in [2.05, 4.69) is 34.4 Å². The second-order valence-corrected chi connectivity index (χ2v) is 6.88. The highest BCUT2D eigenvalue weighted by Crippen LogP contribution is 2.34. The standard InChI is InChI=1S/C23H28N4O2/c1-3-27(4-2)16-10-15-24-22(28)23(29)26-21-18-13-8-9-14-19(18)25-20(21)17-11-6-5-7-12-17/h5-9,11-14,25H,3-4,10,15-16H2,1-2H3,(H,24,28)(H,26,29). The van der Waals surface area contributed by atoms with Crippen LogP contribution in [0.3, 0.4) is 0 Å². The Hall–Kier alpha value is -3.12. The number of aromatic nitrogens is 1. The van der Waals surface area contributed by atoms with Crippen molar-refractivity contribution in [3.05, 3.63) is 54.6 Å². The number of aromatic amines is 1. The average molecular weight is 393 g/mol. The van der Waals surface area contributed by atoms with Crippen molar-refractivity contribution >= 4 is 28.4 Å². The van der Waals surface area contributed by atoms with Gasteiger partial charge in [-0.1, -0.05) is 62.4 Å². The molecule has 0 aliphatic carbocycles. The summed E-state index contributed by atoms with van der Waals surface area (Å²) in [5.74, 6) is -1.27. The number of amides is 2. The summed E-state index contributed by atoms with van der Waals surface area (Å²) in [6, 6.07) is 17.5. The number of H-pyrrole nitrogens is 1. The zero-order valence-corrected chi connectivity index (χ0v) is 17.0. The first-order valence-electron chi connectivity index (χ1n) is 10.1. The molecule has 0 saturated carbocycles. The lowest BCUT2D eigenvalue weighted by molar-refractivity contribution is -0.136. The summed E-state index contributed by atoms with van der Waals surface area (Å²) >= 11 is 0. The largest absolute Gasteiger partial charge is 0.353 e. The van der Waals surface area contributed by atoms with Crippen LogP contribution in [0.5, 0.6) is 0 Å². The molecule has 0 saturated heterocycles. The van der Waals surface area contributed by atoms with Gasteiger partial charge in [-0.15, -0.1) is 0 Å². The van der Waals surface area contributed by atoms with Crippen LogP contribution in [0.2, 0.25) is 0 Å². The fourth-order valence-corrected chi connectivity index (χ4v) is 3.39. The van der Waals surface area contributed by atoms with E-state index >= 15 is 0 Å². The van der Waals surface area contributed by atoms with Crippen LogP contribution in [-0.2, 0) is 9.59 Å². The Bertz CT molecular complexity index is 961. The van der Waals surface area contributed by atoms with E-state index in [4.69, 9.17) is 0 Å². The molecule has 0 aliphatic rings. The van der Waals surface area contributed by atoms with Gasteiger partial charge in [0.15, 0.2) is 0 Å². The fourth-order valence-electron chi connectivity index (χ4n) is 3.39. The first kappa shape index (κ1) is 20.6. The molecule has 0 spiro atoms. The SMILES string of the molecule is CCN(CC)CCCNC(=O)C(=O)Nc1c(-c2ccccc2)[nH]c2ccccc12. The summed E-state index contributed by atoms with van der Waals surface area (Å²) in [7, 11) is 0. The Morgan fingerprint density at radius 2 is 1.62 bits per heavy atom. The van der Waals surface area contributed by atoms with Crippen LogP contribution in [0.25, 0.3) is 22.2 Å². The van der Waals surface area contributed by atoms with Crippen LogP contribution in [-0.4, -0.2) is 47.9 Å². The molecule has 3 N–H and O–H groups in total. The molecule has 0 unspecified atom stereocenters. The van der Waals surface area contributed by atoms with E-state index in [1.54, 1.807) is 0 Å². The van der Waals surface area contributed by atoms with Crippen molar-refractivity contribution in [2.75, 3.05) is 31.5 Å². The number of para-hydroxylation sites is 1. The predicted octanol–water partition coefficient (Wildman–Crippen LogP) is 3.62. The topological polar surface area (TPSA) is 77.2 Å². The number of hydrogen-bond acceptors (Lipinski definition) is 3.